The van der Waals surface area contributed by atoms with Crippen molar-refractivity contribution in [1.29, 1.82) is 5.26 Å². The molecule has 1 amide bonds. The summed E-state index contributed by atoms with van der Waals surface area (Å²) in [5, 5.41) is 22.5. The number of nitrogens with one attached hydrogen (secondary N) is 1. The molecule has 152 valence electrons. The number of benzene rings is 1. The van der Waals surface area contributed by atoms with Crippen molar-refractivity contribution < 1.29 is 19.2 Å². The smallest absolute Gasteiger partial charge is 0.312 e. The van der Waals surface area contributed by atoms with Crippen LogP contribution in [-0.2, 0) is 14.3 Å². The highest BCUT2D eigenvalue weighted by atomic mass is 79.9. The molecule has 4 fully saturated rings. The monoisotopic (exact) mass is 461 g/mol. The lowest BCUT2D eigenvalue weighted by molar-refractivity contribution is -0.384. The van der Waals surface area contributed by atoms with Gasteiger partial charge < -0.3 is 10.1 Å². The van der Waals surface area contributed by atoms with Crippen LogP contribution in [0.1, 0.15) is 44.1 Å². The third-order valence-electron chi connectivity index (χ3n) is 6.37. The molecule has 4 saturated carbocycles. The van der Waals surface area contributed by atoms with E-state index in [1.165, 1.54) is 18.6 Å². The molecule has 4 bridgehead atoms. The van der Waals surface area contributed by atoms with Crippen molar-refractivity contribution in [2.24, 2.45) is 17.3 Å². The van der Waals surface area contributed by atoms with Crippen LogP contribution in [0.4, 0.5) is 11.4 Å². The van der Waals surface area contributed by atoms with E-state index in [0.29, 0.717) is 11.8 Å². The van der Waals surface area contributed by atoms with Gasteiger partial charge in [-0.2, -0.15) is 5.26 Å². The van der Waals surface area contributed by atoms with Crippen LogP contribution < -0.4 is 5.32 Å². The molecule has 0 aliphatic heterocycles. The molecule has 2 atom stereocenters. The molecule has 0 saturated heterocycles. The molecule has 5 rings (SSSR count). The van der Waals surface area contributed by atoms with Gasteiger partial charge in [0.05, 0.1) is 21.6 Å². The van der Waals surface area contributed by atoms with Crippen molar-refractivity contribution in [1.82, 2.24) is 0 Å². The molecule has 0 radical (unpaired) electrons. The molecule has 0 heterocycles. The summed E-state index contributed by atoms with van der Waals surface area (Å²) in [6.07, 6.45) is 5.73. The number of nitro benzene ring substituents is 1. The van der Waals surface area contributed by atoms with E-state index in [-0.39, 0.29) is 27.2 Å². The fraction of sp³-hybridized carbons (Fsp3) is 0.550. The topological polar surface area (TPSA) is 122 Å². The Labute approximate surface area is 175 Å². The molecule has 1 aromatic carbocycles. The van der Waals surface area contributed by atoms with Gasteiger partial charge in [0.15, 0.2) is 6.61 Å². The molecule has 8 nitrogen and oxygen atoms in total. The largest absolute Gasteiger partial charge is 0.455 e. The number of alkyl halides is 1. The number of nitrogens with zero attached hydrogens (tertiary/aromatic N) is 2. The number of halogens is 1. The molecule has 29 heavy (non-hydrogen) atoms. The summed E-state index contributed by atoms with van der Waals surface area (Å²) in [4.78, 5) is 35.3. The zero-order chi connectivity index (χ0) is 20.8. The predicted octanol–water partition coefficient (Wildman–Crippen LogP) is 3.68. The molecule has 0 unspecified atom stereocenters. The van der Waals surface area contributed by atoms with E-state index in [4.69, 9.17) is 10.00 Å². The number of nitriles is 1. The van der Waals surface area contributed by atoms with E-state index >= 15 is 0 Å². The molecular weight excluding hydrogens is 442 g/mol. The van der Waals surface area contributed by atoms with Crippen LogP contribution in [0.3, 0.4) is 0 Å². The first-order valence-corrected chi connectivity index (χ1v) is 10.4. The average Bonchev–Trinajstić information content (AvgIpc) is 2.64. The summed E-state index contributed by atoms with van der Waals surface area (Å²) in [6.45, 7) is -0.451. The summed E-state index contributed by atoms with van der Waals surface area (Å²) >= 11 is 3.85. The fourth-order valence-corrected chi connectivity index (χ4v) is 7.16. The highest BCUT2D eigenvalue weighted by Crippen LogP contribution is 2.64. The van der Waals surface area contributed by atoms with Crippen molar-refractivity contribution in [2.45, 2.75) is 42.8 Å². The minimum atomic E-state index is -0.615. The van der Waals surface area contributed by atoms with Crippen LogP contribution in [0, 0.1) is 38.7 Å². The maximum absolute atomic E-state index is 12.9. The summed E-state index contributed by atoms with van der Waals surface area (Å²) in [5.74, 6) is 0.141. The number of ether oxygens (including phenoxy) is 1. The molecule has 0 aromatic heterocycles. The van der Waals surface area contributed by atoms with Crippen LogP contribution in [0.2, 0.25) is 0 Å². The summed E-state index contributed by atoms with van der Waals surface area (Å²) in [5.41, 5.74) is -0.634. The van der Waals surface area contributed by atoms with Crippen molar-refractivity contribution in [3.05, 3.63) is 33.9 Å². The number of rotatable bonds is 5. The van der Waals surface area contributed by atoms with E-state index in [0.717, 1.165) is 38.2 Å². The van der Waals surface area contributed by atoms with Gasteiger partial charge in [0.2, 0.25) is 0 Å². The lowest BCUT2D eigenvalue weighted by Crippen LogP contribution is -2.56. The van der Waals surface area contributed by atoms with Crippen molar-refractivity contribution >= 4 is 39.2 Å². The van der Waals surface area contributed by atoms with Gasteiger partial charge in [0, 0.05) is 16.5 Å². The first-order valence-electron chi connectivity index (χ1n) is 9.56. The second-order valence-corrected chi connectivity index (χ2v) is 10.3. The number of carbonyl (C=O) groups is 2. The van der Waals surface area contributed by atoms with E-state index in [1.54, 1.807) is 0 Å². The van der Waals surface area contributed by atoms with Crippen LogP contribution >= 0.6 is 15.9 Å². The van der Waals surface area contributed by atoms with Crippen molar-refractivity contribution in [3.63, 3.8) is 0 Å². The lowest BCUT2D eigenvalue weighted by Gasteiger charge is -2.58. The minimum Gasteiger partial charge on any atom is -0.455 e. The number of hydrogen-bond donors (Lipinski definition) is 1. The Morgan fingerprint density at radius 3 is 2.59 bits per heavy atom. The normalized spacial score (nSPS) is 31.7. The Morgan fingerprint density at radius 2 is 2.00 bits per heavy atom. The van der Waals surface area contributed by atoms with E-state index < -0.39 is 22.9 Å². The van der Waals surface area contributed by atoms with Gasteiger partial charge in [-0.15, -0.1) is 0 Å². The second kappa shape index (κ2) is 7.10. The van der Waals surface area contributed by atoms with Crippen molar-refractivity contribution in [2.75, 3.05) is 11.9 Å². The predicted molar refractivity (Wildman–Crippen MR) is 106 cm³/mol. The molecule has 1 aromatic rings. The maximum atomic E-state index is 12.9. The molecular formula is C20H20BrN3O5. The fourth-order valence-electron chi connectivity index (χ4n) is 5.71. The highest BCUT2D eigenvalue weighted by molar-refractivity contribution is 9.10. The van der Waals surface area contributed by atoms with Crippen molar-refractivity contribution in [3.8, 4) is 6.07 Å². The van der Waals surface area contributed by atoms with Gasteiger partial charge in [0.1, 0.15) is 6.07 Å². The average molecular weight is 462 g/mol. The first-order chi connectivity index (χ1) is 13.7. The zero-order valence-corrected chi connectivity index (χ0v) is 17.2. The molecule has 4 aliphatic rings. The number of carbonyl (C=O) groups excluding carboxylic acids is 2. The van der Waals surface area contributed by atoms with Gasteiger partial charge in [-0.25, -0.2) is 0 Å². The quantitative estimate of drug-likeness (QED) is 0.308. The Hall–Kier alpha value is -2.47. The molecule has 9 heteroatoms. The lowest BCUT2D eigenvalue weighted by atomic mass is 9.49. The highest BCUT2D eigenvalue weighted by Gasteiger charge is 2.60. The van der Waals surface area contributed by atoms with E-state index in [9.17, 15) is 19.7 Å². The zero-order valence-electron chi connectivity index (χ0n) is 15.7. The van der Waals surface area contributed by atoms with Gasteiger partial charge >= 0.3 is 5.97 Å². The summed E-state index contributed by atoms with van der Waals surface area (Å²) < 4.78 is 5.39. The summed E-state index contributed by atoms with van der Waals surface area (Å²) in [6, 6.07) is 5.41. The Kier molecular flexibility index (Phi) is 4.85. The number of hydrogen-bond acceptors (Lipinski definition) is 6. The Morgan fingerprint density at radius 1 is 1.31 bits per heavy atom. The van der Waals surface area contributed by atoms with E-state index in [2.05, 4.69) is 21.2 Å². The van der Waals surface area contributed by atoms with E-state index in [1.807, 2.05) is 6.07 Å². The minimum absolute atomic E-state index is 0.0127. The van der Waals surface area contributed by atoms with Gasteiger partial charge in [0.25, 0.3) is 11.6 Å². The number of non-ortho nitro benzene ring substituents is 1. The van der Waals surface area contributed by atoms with Crippen LogP contribution in [-0.4, -0.2) is 27.7 Å². The number of esters is 1. The molecule has 4 aliphatic carbocycles. The number of anilines is 1. The molecule has 1 N–H and O–H groups in total. The maximum Gasteiger partial charge on any atom is 0.312 e. The second-order valence-electron chi connectivity index (χ2n) is 8.62. The first kappa shape index (κ1) is 19.8. The van der Waals surface area contributed by atoms with Crippen LogP contribution in [0.25, 0.3) is 0 Å². The summed E-state index contributed by atoms with van der Waals surface area (Å²) in [7, 11) is 0. The third-order valence-corrected chi connectivity index (χ3v) is 7.29. The van der Waals surface area contributed by atoms with Gasteiger partial charge in [-0.05, 0) is 56.4 Å². The van der Waals surface area contributed by atoms with Crippen LogP contribution in [0.15, 0.2) is 18.2 Å². The van der Waals surface area contributed by atoms with Gasteiger partial charge in [-0.1, -0.05) is 15.9 Å². The number of amides is 1. The molecule has 0 spiro atoms. The van der Waals surface area contributed by atoms with Gasteiger partial charge in [-0.3, -0.25) is 19.7 Å². The van der Waals surface area contributed by atoms with Crippen LogP contribution in [0.5, 0.6) is 0 Å². The Balaban J connectivity index is 1.39. The third kappa shape index (κ3) is 3.73. The standard InChI is InChI=1S/C20H20BrN3O5/c21-20-7-12-3-13(8-20)6-19(5-12,11-20)18(26)29-10-17(25)23-16-2-1-15(24(27)28)4-14(16)9-22/h1-2,4,12-13H,3,5-8,10-11H2,(H,23,25)/t12-,13-,19?,20?/m1/s1. The number of nitro groups is 1. The SMILES string of the molecule is N#Cc1cc([N+](=O)[O-])ccc1NC(=O)COC(=O)C12C[C@H]3C[C@@H](CC(Br)(C3)C1)C2. The Bertz CT molecular complexity index is 927.